The normalized spacial score (nSPS) is 15.3. The summed E-state index contributed by atoms with van der Waals surface area (Å²) < 4.78 is 27.1. The summed E-state index contributed by atoms with van der Waals surface area (Å²) in [7, 11) is -2.45. The van der Waals surface area contributed by atoms with Crippen molar-refractivity contribution in [1.82, 2.24) is 14.5 Å². The maximum atomic E-state index is 13.4. The molecule has 1 atom stereocenters. The van der Waals surface area contributed by atoms with Gasteiger partial charge in [0.05, 0.1) is 11.4 Å². The lowest BCUT2D eigenvalue weighted by Crippen LogP contribution is -2.52. The van der Waals surface area contributed by atoms with Crippen LogP contribution in [0, 0.1) is 13.8 Å². The van der Waals surface area contributed by atoms with Crippen molar-refractivity contribution in [2.75, 3.05) is 13.6 Å². The van der Waals surface area contributed by atoms with Crippen LogP contribution >= 0.6 is 0 Å². The van der Waals surface area contributed by atoms with E-state index in [1.165, 1.54) is 24.1 Å². The molecule has 0 aromatic heterocycles. The Labute approximate surface area is 203 Å². The van der Waals surface area contributed by atoms with Crippen molar-refractivity contribution in [2.24, 2.45) is 0 Å². The Morgan fingerprint density at radius 2 is 1.50 bits per heavy atom. The molecule has 0 aliphatic heterocycles. The van der Waals surface area contributed by atoms with Gasteiger partial charge in [0.25, 0.3) is 0 Å². The van der Waals surface area contributed by atoms with Crippen LogP contribution < -0.4 is 5.32 Å². The predicted octanol–water partition coefficient (Wildman–Crippen LogP) is 3.40. The van der Waals surface area contributed by atoms with Crippen LogP contribution in [0.15, 0.2) is 53.4 Å². The molecule has 0 bridgehead atoms. The Morgan fingerprint density at radius 3 is 2.06 bits per heavy atom. The van der Waals surface area contributed by atoms with E-state index in [9.17, 15) is 18.0 Å². The van der Waals surface area contributed by atoms with Crippen molar-refractivity contribution >= 4 is 21.8 Å². The van der Waals surface area contributed by atoms with Crippen molar-refractivity contribution in [3.05, 3.63) is 65.2 Å². The fourth-order valence-electron chi connectivity index (χ4n) is 4.12. The first-order chi connectivity index (χ1) is 16.1. The third-order valence-corrected chi connectivity index (χ3v) is 8.25. The van der Waals surface area contributed by atoms with E-state index in [4.69, 9.17) is 0 Å². The van der Waals surface area contributed by atoms with Crippen LogP contribution in [0.25, 0.3) is 0 Å². The molecule has 7 nitrogen and oxygen atoms in total. The summed E-state index contributed by atoms with van der Waals surface area (Å²) in [5, 5.41) is 3.06. The van der Waals surface area contributed by atoms with Gasteiger partial charge in [-0.1, -0.05) is 60.4 Å². The van der Waals surface area contributed by atoms with Crippen molar-refractivity contribution in [3.8, 4) is 0 Å². The van der Waals surface area contributed by atoms with Gasteiger partial charge in [0.15, 0.2) is 0 Å². The Morgan fingerprint density at radius 1 is 0.971 bits per heavy atom. The van der Waals surface area contributed by atoms with Crippen molar-refractivity contribution in [1.29, 1.82) is 0 Å². The Bertz CT molecular complexity index is 1090. The number of carbonyl (C=O) groups is 2. The smallest absolute Gasteiger partial charge is 0.243 e. The number of benzene rings is 2. The molecule has 184 valence electrons. The third kappa shape index (κ3) is 6.45. The molecule has 0 heterocycles. The molecule has 1 N–H and O–H groups in total. The molecule has 2 aromatic carbocycles. The molecule has 0 unspecified atom stereocenters. The number of aryl methyl sites for hydroxylation is 2. The van der Waals surface area contributed by atoms with Gasteiger partial charge in [-0.25, -0.2) is 8.42 Å². The van der Waals surface area contributed by atoms with E-state index in [1.807, 2.05) is 38.1 Å². The second-order valence-corrected chi connectivity index (χ2v) is 11.3. The Balaban J connectivity index is 1.78. The van der Waals surface area contributed by atoms with E-state index in [0.717, 1.165) is 46.7 Å². The molecular formula is C26H35N3O4S. The maximum Gasteiger partial charge on any atom is 0.243 e. The molecule has 1 fully saturated rings. The summed E-state index contributed by atoms with van der Waals surface area (Å²) in [6.45, 7) is 5.42. The molecule has 34 heavy (non-hydrogen) atoms. The summed E-state index contributed by atoms with van der Waals surface area (Å²) in [4.78, 5) is 28.0. The van der Waals surface area contributed by atoms with Crippen LogP contribution in [0.4, 0.5) is 0 Å². The molecular weight excluding hydrogens is 450 g/mol. The zero-order valence-corrected chi connectivity index (χ0v) is 21.3. The first-order valence-electron chi connectivity index (χ1n) is 11.8. The van der Waals surface area contributed by atoms with E-state index in [0.29, 0.717) is 0 Å². The average Bonchev–Trinajstić information content (AvgIpc) is 3.31. The van der Waals surface area contributed by atoms with Gasteiger partial charge < -0.3 is 10.2 Å². The third-order valence-electron chi connectivity index (χ3n) is 6.43. The molecule has 8 heteroatoms. The monoisotopic (exact) mass is 485 g/mol. The topological polar surface area (TPSA) is 86.8 Å². The number of hydrogen-bond donors (Lipinski definition) is 1. The lowest BCUT2D eigenvalue weighted by Gasteiger charge is -2.31. The number of rotatable bonds is 9. The Kier molecular flexibility index (Phi) is 8.49. The number of hydrogen-bond acceptors (Lipinski definition) is 4. The van der Waals surface area contributed by atoms with Crippen LogP contribution in [-0.4, -0.2) is 55.1 Å². The van der Waals surface area contributed by atoms with E-state index in [2.05, 4.69) is 5.32 Å². The predicted molar refractivity (Wildman–Crippen MR) is 133 cm³/mol. The van der Waals surface area contributed by atoms with Crippen LogP contribution in [0.1, 0.15) is 49.3 Å². The zero-order chi connectivity index (χ0) is 24.9. The number of sulfonamides is 1. The summed E-state index contributed by atoms with van der Waals surface area (Å²) in [5.41, 5.74) is 2.92. The molecule has 0 spiro atoms. The highest BCUT2D eigenvalue weighted by atomic mass is 32.2. The minimum Gasteiger partial charge on any atom is -0.352 e. The molecule has 1 aliphatic rings. The molecule has 0 saturated heterocycles. The first kappa shape index (κ1) is 25.9. The number of amides is 2. The maximum absolute atomic E-state index is 13.4. The number of carbonyl (C=O) groups excluding carboxylic acids is 2. The fraction of sp³-hybridized carbons (Fsp3) is 0.462. The van der Waals surface area contributed by atoms with Gasteiger partial charge in [-0.15, -0.1) is 0 Å². The first-order valence-corrected chi connectivity index (χ1v) is 13.2. The largest absolute Gasteiger partial charge is 0.352 e. The SMILES string of the molecule is Cc1ccc(CN(C(=O)CN(C)S(=O)(=O)c2ccc(C)cc2)[C@H](C)C(=O)NC2CCCC2)cc1. The molecule has 1 saturated carbocycles. The van der Waals surface area contributed by atoms with Crippen LogP contribution in [0.3, 0.4) is 0 Å². The summed E-state index contributed by atoms with van der Waals surface area (Å²) in [5.74, 6) is -0.635. The second-order valence-electron chi connectivity index (χ2n) is 9.25. The number of nitrogens with one attached hydrogen (secondary N) is 1. The van der Waals surface area contributed by atoms with E-state index in [1.54, 1.807) is 19.1 Å². The van der Waals surface area contributed by atoms with Crippen molar-refractivity contribution < 1.29 is 18.0 Å². The quantitative estimate of drug-likeness (QED) is 0.590. The number of nitrogens with zero attached hydrogens (tertiary/aromatic N) is 2. The highest BCUT2D eigenvalue weighted by molar-refractivity contribution is 7.89. The average molecular weight is 486 g/mol. The lowest BCUT2D eigenvalue weighted by atomic mass is 10.1. The van der Waals surface area contributed by atoms with E-state index >= 15 is 0 Å². The highest BCUT2D eigenvalue weighted by Crippen LogP contribution is 2.19. The summed E-state index contributed by atoms with van der Waals surface area (Å²) >= 11 is 0. The minimum atomic E-state index is -3.84. The van der Waals surface area contributed by atoms with Gasteiger partial charge in [0, 0.05) is 19.6 Å². The molecule has 3 rings (SSSR count). The lowest BCUT2D eigenvalue weighted by molar-refractivity contribution is -0.140. The summed E-state index contributed by atoms with van der Waals surface area (Å²) in [6.07, 6.45) is 4.07. The van der Waals surface area contributed by atoms with Gasteiger partial charge in [0.2, 0.25) is 21.8 Å². The van der Waals surface area contributed by atoms with Crippen molar-refractivity contribution in [3.63, 3.8) is 0 Å². The highest BCUT2D eigenvalue weighted by Gasteiger charge is 2.31. The van der Waals surface area contributed by atoms with Gasteiger partial charge in [-0.2, -0.15) is 4.31 Å². The van der Waals surface area contributed by atoms with Crippen LogP contribution in [0.5, 0.6) is 0 Å². The van der Waals surface area contributed by atoms with Crippen LogP contribution in [-0.2, 0) is 26.2 Å². The van der Waals surface area contributed by atoms with Crippen LogP contribution in [0.2, 0.25) is 0 Å². The number of likely N-dealkylation sites (N-methyl/N-ethyl adjacent to an activating group) is 1. The second kappa shape index (κ2) is 11.1. The zero-order valence-electron chi connectivity index (χ0n) is 20.5. The van der Waals surface area contributed by atoms with E-state index < -0.39 is 22.0 Å². The molecule has 2 amide bonds. The minimum absolute atomic E-state index is 0.130. The van der Waals surface area contributed by atoms with E-state index in [-0.39, 0.29) is 29.9 Å². The summed E-state index contributed by atoms with van der Waals surface area (Å²) in [6, 6.07) is 13.7. The molecule has 0 radical (unpaired) electrons. The van der Waals surface area contributed by atoms with Gasteiger partial charge in [-0.3, -0.25) is 9.59 Å². The van der Waals surface area contributed by atoms with Gasteiger partial charge >= 0.3 is 0 Å². The molecule has 2 aromatic rings. The Hall–Kier alpha value is -2.71. The van der Waals surface area contributed by atoms with Crippen molar-refractivity contribution in [2.45, 2.75) is 70.0 Å². The fourth-order valence-corrected chi connectivity index (χ4v) is 5.24. The van der Waals surface area contributed by atoms with Gasteiger partial charge in [0.1, 0.15) is 6.04 Å². The van der Waals surface area contributed by atoms with Gasteiger partial charge in [-0.05, 0) is 51.3 Å². The molecule has 1 aliphatic carbocycles. The standard InChI is InChI=1S/C26H35N3O4S/c1-19-9-13-22(14-10-19)17-29(21(3)26(31)27-23-7-5-6-8-23)25(30)18-28(4)34(32,33)24-15-11-20(2)12-16-24/h9-16,21,23H,5-8,17-18H2,1-4H3,(H,27,31)/t21-/m1/s1.